The van der Waals surface area contributed by atoms with Gasteiger partial charge in [0.15, 0.2) is 11.5 Å². The number of benzene rings is 1. The molecule has 1 amide bonds. The van der Waals surface area contributed by atoms with Crippen molar-refractivity contribution in [2.24, 2.45) is 5.41 Å². The van der Waals surface area contributed by atoms with Crippen LogP contribution in [0.5, 0.6) is 0 Å². The molecule has 1 spiro atoms. The van der Waals surface area contributed by atoms with Gasteiger partial charge in [0.05, 0.1) is 0 Å². The molecule has 150 valence electrons. The standard InChI is InChI=1S/C22H23ClN4O2/c1-27(2)19-7-13(5-6-24-19)20(28)25-16-11-22(12-16)9-14(10-22)21-26-17-8-15(23)3-4-18(17)29-21/h3-8,14,16H,9-12H2,1-2H3,(H,25,28). The zero-order chi connectivity index (χ0) is 20.2. The van der Waals surface area contributed by atoms with E-state index in [1.165, 1.54) is 0 Å². The van der Waals surface area contributed by atoms with Crippen LogP contribution in [0.4, 0.5) is 5.82 Å². The summed E-state index contributed by atoms with van der Waals surface area (Å²) in [6, 6.07) is 9.36. The number of aromatic nitrogens is 2. The summed E-state index contributed by atoms with van der Waals surface area (Å²) in [5, 5.41) is 3.84. The molecule has 0 aliphatic heterocycles. The third-order valence-corrected chi connectivity index (χ3v) is 6.47. The summed E-state index contributed by atoms with van der Waals surface area (Å²) in [7, 11) is 3.83. The van der Waals surface area contributed by atoms with Crippen molar-refractivity contribution in [1.82, 2.24) is 15.3 Å². The molecular formula is C22H23ClN4O2. The third kappa shape index (κ3) is 3.35. The number of amides is 1. The van der Waals surface area contributed by atoms with Gasteiger partial charge in [-0.2, -0.15) is 0 Å². The molecule has 2 aliphatic carbocycles. The second-order valence-electron chi connectivity index (χ2n) is 8.65. The Kier molecular flexibility index (Phi) is 4.28. The number of carbonyl (C=O) groups excluding carboxylic acids is 1. The van der Waals surface area contributed by atoms with Crippen LogP contribution in [0.15, 0.2) is 40.9 Å². The van der Waals surface area contributed by atoms with Crippen LogP contribution in [0, 0.1) is 5.41 Å². The van der Waals surface area contributed by atoms with Gasteiger partial charge in [0.1, 0.15) is 11.3 Å². The van der Waals surface area contributed by atoms with E-state index in [9.17, 15) is 4.79 Å². The lowest BCUT2D eigenvalue weighted by molar-refractivity contribution is -0.0253. The lowest BCUT2D eigenvalue weighted by Gasteiger charge is -2.57. The number of rotatable bonds is 4. The minimum Gasteiger partial charge on any atom is -0.440 e. The van der Waals surface area contributed by atoms with Crippen LogP contribution < -0.4 is 10.2 Å². The number of nitrogens with one attached hydrogen (secondary N) is 1. The Bertz CT molecular complexity index is 1080. The van der Waals surface area contributed by atoms with Crippen LogP contribution in [-0.2, 0) is 0 Å². The van der Waals surface area contributed by atoms with Gasteiger partial charge >= 0.3 is 0 Å². The molecule has 3 aromatic rings. The van der Waals surface area contributed by atoms with Crippen molar-refractivity contribution in [2.45, 2.75) is 37.6 Å². The molecule has 2 aromatic heterocycles. The Morgan fingerprint density at radius 3 is 2.76 bits per heavy atom. The van der Waals surface area contributed by atoms with Gasteiger partial charge in [-0.25, -0.2) is 9.97 Å². The molecule has 2 fully saturated rings. The molecule has 2 aliphatic rings. The third-order valence-electron chi connectivity index (χ3n) is 6.23. The van der Waals surface area contributed by atoms with Gasteiger partial charge in [0.25, 0.3) is 5.91 Å². The van der Waals surface area contributed by atoms with Crippen molar-refractivity contribution in [1.29, 1.82) is 0 Å². The van der Waals surface area contributed by atoms with Crippen LogP contribution in [0.2, 0.25) is 5.02 Å². The fourth-order valence-electron chi connectivity index (χ4n) is 4.75. The van der Waals surface area contributed by atoms with E-state index in [1.54, 1.807) is 12.3 Å². The first-order valence-electron chi connectivity index (χ1n) is 9.91. The SMILES string of the molecule is CN(C)c1cc(C(=O)NC2CC3(C2)CC(c2nc4cc(Cl)ccc4o2)C3)ccn1. The maximum absolute atomic E-state index is 12.6. The molecule has 0 radical (unpaired) electrons. The number of fused-ring (bicyclic) bond motifs is 1. The molecule has 0 bridgehead atoms. The van der Waals surface area contributed by atoms with E-state index in [4.69, 9.17) is 16.0 Å². The largest absolute Gasteiger partial charge is 0.440 e. The van der Waals surface area contributed by atoms with E-state index in [0.29, 0.717) is 21.9 Å². The van der Waals surface area contributed by atoms with Crippen LogP contribution in [0.3, 0.4) is 0 Å². The smallest absolute Gasteiger partial charge is 0.251 e. The first-order chi connectivity index (χ1) is 13.9. The fraction of sp³-hybridized carbons (Fsp3) is 0.409. The van der Waals surface area contributed by atoms with Crippen LogP contribution in [-0.4, -0.2) is 36.0 Å². The molecule has 5 rings (SSSR count). The van der Waals surface area contributed by atoms with Gasteiger partial charge in [-0.3, -0.25) is 4.79 Å². The maximum atomic E-state index is 12.6. The molecule has 0 saturated heterocycles. The Labute approximate surface area is 174 Å². The fourth-order valence-corrected chi connectivity index (χ4v) is 4.91. The van der Waals surface area contributed by atoms with Crippen molar-refractivity contribution in [3.63, 3.8) is 0 Å². The first-order valence-corrected chi connectivity index (χ1v) is 10.3. The molecule has 0 atom stereocenters. The molecule has 2 saturated carbocycles. The Balaban J connectivity index is 1.16. The van der Waals surface area contributed by atoms with Gasteiger partial charge in [0.2, 0.25) is 0 Å². The topological polar surface area (TPSA) is 71.3 Å². The van der Waals surface area contributed by atoms with Gasteiger partial charge in [-0.1, -0.05) is 11.6 Å². The van der Waals surface area contributed by atoms with E-state index in [0.717, 1.165) is 48.5 Å². The molecule has 7 heteroatoms. The molecule has 1 aromatic carbocycles. The number of oxazole rings is 1. The van der Waals surface area contributed by atoms with Crippen molar-refractivity contribution >= 4 is 34.4 Å². The number of carbonyl (C=O) groups is 1. The average Bonchev–Trinajstić information content (AvgIpc) is 3.04. The summed E-state index contributed by atoms with van der Waals surface area (Å²) in [5.74, 6) is 1.93. The van der Waals surface area contributed by atoms with Crippen LogP contribution in [0.1, 0.15) is 47.8 Å². The number of hydrogen-bond donors (Lipinski definition) is 1. The average molecular weight is 411 g/mol. The lowest BCUT2D eigenvalue weighted by Crippen LogP contribution is -2.55. The first kappa shape index (κ1) is 18.4. The van der Waals surface area contributed by atoms with E-state index in [1.807, 2.05) is 43.3 Å². The molecule has 29 heavy (non-hydrogen) atoms. The predicted molar refractivity (Wildman–Crippen MR) is 112 cm³/mol. The zero-order valence-electron chi connectivity index (χ0n) is 16.5. The molecule has 1 N–H and O–H groups in total. The Hall–Kier alpha value is -2.60. The van der Waals surface area contributed by atoms with Crippen molar-refractivity contribution in [3.05, 3.63) is 53.0 Å². The van der Waals surface area contributed by atoms with Gasteiger partial charge in [0, 0.05) is 42.8 Å². The minimum atomic E-state index is -0.0259. The zero-order valence-corrected chi connectivity index (χ0v) is 17.2. The molecule has 0 unspecified atom stereocenters. The second-order valence-corrected chi connectivity index (χ2v) is 9.08. The highest BCUT2D eigenvalue weighted by atomic mass is 35.5. The summed E-state index contributed by atoms with van der Waals surface area (Å²) < 4.78 is 5.92. The highest BCUT2D eigenvalue weighted by molar-refractivity contribution is 6.31. The summed E-state index contributed by atoms with van der Waals surface area (Å²) in [6.07, 6.45) is 5.86. The summed E-state index contributed by atoms with van der Waals surface area (Å²) >= 11 is 6.04. The number of nitrogens with zero attached hydrogens (tertiary/aromatic N) is 3. The molecule has 2 heterocycles. The van der Waals surface area contributed by atoms with Gasteiger partial charge in [-0.05, 0) is 61.4 Å². The quantitative estimate of drug-likeness (QED) is 0.690. The van der Waals surface area contributed by atoms with Crippen molar-refractivity contribution < 1.29 is 9.21 Å². The van der Waals surface area contributed by atoms with E-state index in [2.05, 4.69) is 15.3 Å². The predicted octanol–water partition coefficient (Wildman–Crippen LogP) is 4.40. The monoisotopic (exact) mass is 410 g/mol. The van der Waals surface area contributed by atoms with E-state index < -0.39 is 0 Å². The summed E-state index contributed by atoms with van der Waals surface area (Å²) in [5.41, 5.74) is 2.59. The summed E-state index contributed by atoms with van der Waals surface area (Å²) in [6.45, 7) is 0. The molecule has 6 nitrogen and oxygen atoms in total. The van der Waals surface area contributed by atoms with Crippen molar-refractivity contribution in [2.75, 3.05) is 19.0 Å². The second kappa shape index (κ2) is 6.73. The number of pyridine rings is 1. The minimum absolute atomic E-state index is 0.0259. The van der Waals surface area contributed by atoms with E-state index >= 15 is 0 Å². The van der Waals surface area contributed by atoms with E-state index in [-0.39, 0.29) is 11.9 Å². The highest BCUT2D eigenvalue weighted by Gasteiger charge is 2.54. The van der Waals surface area contributed by atoms with Gasteiger partial charge in [-0.15, -0.1) is 0 Å². The lowest BCUT2D eigenvalue weighted by atomic mass is 9.50. The molecular weight excluding hydrogens is 388 g/mol. The Morgan fingerprint density at radius 1 is 1.21 bits per heavy atom. The van der Waals surface area contributed by atoms with Crippen LogP contribution >= 0.6 is 11.6 Å². The van der Waals surface area contributed by atoms with Gasteiger partial charge < -0.3 is 14.6 Å². The number of anilines is 1. The number of hydrogen-bond acceptors (Lipinski definition) is 5. The Morgan fingerprint density at radius 2 is 2.00 bits per heavy atom. The normalized spacial score (nSPS) is 25.5. The van der Waals surface area contributed by atoms with Crippen LogP contribution in [0.25, 0.3) is 11.1 Å². The maximum Gasteiger partial charge on any atom is 0.251 e. The number of halogens is 1. The summed E-state index contributed by atoms with van der Waals surface area (Å²) in [4.78, 5) is 23.3. The highest BCUT2D eigenvalue weighted by Crippen LogP contribution is 2.61. The van der Waals surface area contributed by atoms with Crippen molar-refractivity contribution in [3.8, 4) is 0 Å².